The van der Waals surface area contributed by atoms with E-state index in [1.165, 1.54) is 12.8 Å². The van der Waals surface area contributed by atoms with Gasteiger partial charge in [-0.15, -0.1) is 0 Å². The number of hydrogen-bond acceptors (Lipinski definition) is 7. The molecule has 4 rings (SSSR count). The number of carbonyl (C=O) groups excluding carboxylic acids is 1. The highest BCUT2D eigenvalue weighted by Crippen LogP contribution is 2.37. The van der Waals surface area contributed by atoms with Crippen LogP contribution in [-0.4, -0.2) is 91.1 Å². The predicted octanol–water partition coefficient (Wildman–Crippen LogP) is 0.800. The van der Waals surface area contributed by atoms with Crippen molar-refractivity contribution < 1.29 is 24.6 Å². The molecule has 2 fully saturated rings. The highest BCUT2D eigenvalue weighted by Gasteiger charge is 2.27. The Labute approximate surface area is 180 Å². The molecule has 1 saturated carbocycles. The summed E-state index contributed by atoms with van der Waals surface area (Å²) in [7, 11) is 0. The molecule has 0 spiro atoms. The first kappa shape index (κ1) is 23.9. The van der Waals surface area contributed by atoms with E-state index in [1.807, 2.05) is 17.4 Å². The van der Waals surface area contributed by atoms with Crippen LogP contribution in [0.4, 0.5) is 0 Å². The molecule has 168 valence electrons. The maximum absolute atomic E-state index is 12.7. The number of hydrogen-bond donors (Lipinski definition) is 2. The molecule has 0 radical (unpaired) electrons. The van der Waals surface area contributed by atoms with Crippen molar-refractivity contribution in [1.29, 1.82) is 0 Å². The molecule has 2 aromatic heterocycles. The molecular formula is C20H28N6O5. The molecule has 31 heavy (non-hydrogen) atoms. The Morgan fingerprint density at radius 2 is 1.71 bits per heavy atom. The van der Waals surface area contributed by atoms with Crippen LogP contribution in [0.2, 0.25) is 0 Å². The summed E-state index contributed by atoms with van der Waals surface area (Å²) in [5.41, 5.74) is 0.608. The van der Waals surface area contributed by atoms with Crippen molar-refractivity contribution in [2.45, 2.75) is 31.7 Å². The Bertz CT molecular complexity index is 789. The van der Waals surface area contributed by atoms with Crippen LogP contribution in [0, 0.1) is 0 Å². The fourth-order valence-corrected chi connectivity index (χ4v) is 3.26. The standard InChI is InChI=1S/C18H24N6O.2CH2O2/c25-18(16-12-20-17(21-13-16)15-2-3-15)24-6-1-5-22(10-11-24)8-9-23-7-4-19-14-23;2*2-1-3/h4,7,12-15H,1-3,5-6,8-11H2;2*1H,(H,2,3). The van der Waals surface area contributed by atoms with Gasteiger partial charge in [-0.3, -0.25) is 19.3 Å². The molecule has 1 aliphatic carbocycles. The van der Waals surface area contributed by atoms with E-state index in [-0.39, 0.29) is 18.9 Å². The van der Waals surface area contributed by atoms with Crippen LogP contribution in [0.1, 0.15) is 41.4 Å². The average molecular weight is 432 g/mol. The molecular weight excluding hydrogens is 404 g/mol. The lowest BCUT2D eigenvalue weighted by molar-refractivity contribution is -0.123. The topological polar surface area (TPSA) is 142 Å². The molecule has 11 nitrogen and oxygen atoms in total. The van der Waals surface area contributed by atoms with E-state index in [4.69, 9.17) is 19.8 Å². The third-order valence-electron chi connectivity index (χ3n) is 4.97. The summed E-state index contributed by atoms with van der Waals surface area (Å²) >= 11 is 0. The van der Waals surface area contributed by atoms with Crippen molar-refractivity contribution in [3.63, 3.8) is 0 Å². The first-order chi connectivity index (χ1) is 15.1. The summed E-state index contributed by atoms with van der Waals surface area (Å²) in [5.74, 6) is 1.46. The van der Waals surface area contributed by atoms with Crippen LogP contribution in [-0.2, 0) is 16.1 Å². The van der Waals surface area contributed by atoms with Crippen molar-refractivity contribution in [2.75, 3.05) is 32.7 Å². The van der Waals surface area contributed by atoms with E-state index in [2.05, 4.69) is 24.4 Å². The summed E-state index contributed by atoms with van der Waals surface area (Å²) in [6, 6.07) is 0. The Morgan fingerprint density at radius 1 is 1.03 bits per heavy atom. The molecule has 0 atom stereocenters. The number of amides is 1. The van der Waals surface area contributed by atoms with Gasteiger partial charge in [-0.2, -0.15) is 0 Å². The second kappa shape index (κ2) is 13.1. The summed E-state index contributed by atoms with van der Waals surface area (Å²) < 4.78 is 2.09. The van der Waals surface area contributed by atoms with Crippen LogP contribution < -0.4 is 0 Å². The van der Waals surface area contributed by atoms with E-state index in [9.17, 15) is 4.79 Å². The summed E-state index contributed by atoms with van der Waals surface area (Å²) in [5, 5.41) is 13.8. The Hall–Kier alpha value is -3.34. The molecule has 3 heterocycles. The third kappa shape index (κ3) is 8.13. The van der Waals surface area contributed by atoms with Crippen molar-refractivity contribution in [3.8, 4) is 0 Å². The zero-order valence-electron chi connectivity index (χ0n) is 17.3. The average Bonchev–Trinajstić information content (AvgIpc) is 3.54. The lowest BCUT2D eigenvalue weighted by Gasteiger charge is -2.22. The molecule has 2 aromatic rings. The van der Waals surface area contributed by atoms with Gasteiger partial charge in [0.2, 0.25) is 0 Å². The number of rotatable bonds is 5. The van der Waals surface area contributed by atoms with Gasteiger partial charge in [0.15, 0.2) is 0 Å². The lowest BCUT2D eigenvalue weighted by atomic mass is 10.2. The van der Waals surface area contributed by atoms with Crippen molar-refractivity contribution in [2.24, 2.45) is 0 Å². The van der Waals surface area contributed by atoms with Gasteiger partial charge in [0.05, 0.1) is 11.9 Å². The number of nitrogens with zero attached hydrogens (tertiary/aromatic N) is 6. The van der Waals surface area contributed by atoms with Crippen LogP contribution in [0.3, 0.4) is 0 Å². The van der Waals surface area contributed by atoms with Crippen molar-refractivity contribution in [1.82, 2.24) is 29.3 Å². The molecule has 0 unspecified atom stereocenters. The van der Waals surface area contributed by atoms with Gasteiger partial charge in [0.1, 0.15) is 5.82 Å². The van der Waals surface area contributed by atoms with Gasteiger partial charge in [0, 0.05) is 63.4 Å². The Kier molecular flexibility index (Phi) is 10.1. The first-order valence-corrected chi connectivity index (χ1v) is 10.1. The number of aromatic nitrogens is 4. The quantitative estimate of drug-likeness (QED) is 0.656. The SMILES string of the molecule is O=C(c1cnc(C2CC2)nc1)N1CCCN(CCn2ccnc2)CC1.O=CO.O=CO. The summed E-state index contributed by atoms with van der Waals surface area (Å²) in [6.07, 6.45) is 12.4. The van der Waals surface area contributed by atoms with Crippen LogP contribution in [0.5, 0.6) is 0 Å². The van der Waals surface area contributed by atoms with E-state index in [1.54, 1.807) is 18.6 Å². The van der Waals surface area contributed by atoms with Gasteiger partial charge in [-0.25, -0.2) is 15.0 Å². The van der Waals surface area contributed by atoms with Crippen LogP contribution >= 0.6 is 0 Å². The minimum absolute atomic E-state index is 0.0545. The smallest absolute Gasteiger partial charge is 0.290 e. The zero-order valence-corrected chi connectivity index (χ0v) is 17.3. The largest absolute Gasteiger partial charge is 0.483 e. The van der Waals surface area contributed by atoms with Gasteiger partial charge in [-0.1, -0.05) is 0 Å². The summed E-state index contributed by atoms with van der Waals surface area (Å²) in [4.78, 5) is 46.6. The van der Waals surface area contributed by atoms with Crippen LogP contribution in [0.15, 0.2) is 31.1 Å². The predicted molar refractivity (Wildman–Crippen MR) is 111 cm³/mol. The molecule has 0 aromatic carbocycles. The highest BCUT2D eigenvalue weighted by molar-refractivity contribution is 5.93. The minimum Gasteiger partial charge on any atom is -0.483 e. The van der Waals surface area contributed by atoms with E-state index >= 15 is 0 Å². The van der Waals surface area contributed by atoms with Crippen molar-refractivity contribution in [3.05, 3.63) is 42.5 Å². The van der Waals surface area contributed by atoms with E-state index in [0.717, 1.165) is 51.5 Å². The monoisotopic (exact) mass is 432 g/mol. The van der Waals surface area contributed by atoms with E-state index in [0.29, 0.717) is 11.5 Å². The highest BCUT2D eigenvalue weighted by atomic mass is 16.3. The molecule has 1 saturated heterocycles. The lowest BCUT2D eigenvalue weighted by Crippen LogP contribution is -2.36. The van der Waals surface area contributed by atoms with Crippen molar-refractivity contribution >= 4 is 18.9 Å². The van der Waals surface area contributed by atoms with Crippen LogP contribution in [0.25, 0.3) is 0 Å². The van der Waals surface area contributed by atoms with Gasteiger partial charge < -0.3 is 19.7 Å². The Morgan fingerprint density at radius 3 is 2.29 bits per heavy atom. The Balaban J connectivity index is 0.000000513. The molecule has 1 aliphatic heterocycles. The van der Waals surface area contributed by atoms with E-state index < -0.39 is 0 Å². The fourth-order valence-electron chi connectivity index (χ4n) is 3.26. The normalized spacial score (nSPS) is 16.1. The molecule has 0 bridgehead atoms. The molecule has 2 aliphatic rings. The number of carbonyl (C=O) groups is 3. The van der Waals surface area contributed by atoms with Gasteiger partial charge in [-0.05, 0) is 25.8 Å². The second-order valence-electron chi connectivity index (χ2n) is 7.10. The van der Waals surface area contributed by atoms with Gasteiger partial charge in [0.25, 0.3) is 18.9 Å². The molecule has 11 heteroatoms. The van der Waals surface area contributed by atoms with Gasteiger partial charge >= 0.3 is 0 Å². The maximum atomic E-state index is 12.7. The number of imidazole rings is 1. The third-order valence-corrected chi connectivity index (χ3v) is 4.97. The first-order valence-electron chi connectivity index (χ1n) is 10.1. The second-order valence-corrected chi connectivity index (χ2v) is 7.10. The molecule has 1 amide bonds. The summed E-state index contributed by atoms with van der Waals surface area (Å²) in [6.45, 7) is 4.90. The molecule has 2 N–H and O–H groups in total. The minimum atomic E-state index is -0.250. The maximum Gasteiger partial charge on any atom is 0.290 e. The zero-order chi connectivity index (χ0) is 22.5. The number of carboxylic acid groups (broad SMARTS) is 2. The fraction of sp³-hybridized carbons (Fsp3) is 0.500.